The van der Waals surface area contributed by atoms with E-state index in [0.29, 0.717) is 0 Å². The van der Waals surface area contributed by atoms with E-state index in [-0.39, 0.29) is 0 Å². The summed E-state index contributed by atoms with van der Waals surface area (Å²) in [6.07, 6.45) is 14.8. The number of rotatable bonds is 12. The van der Waals surface area contributed by atoms with Crippen LogP contribution in [0.5, 0.6) is 0 Å². The van der Waals surface area contributed by atoms with Crippen LogP contribution in [0, 0.1) is 0 Å². The lowest BCUT2D eigenvalue weighted by Gasteiger charge is -2.07. The lowest BCUT2D eigenvalue weighted by Crippen LogP contribution is -1.91. The number of unbranched alkanes of at least 4 members (excludes halogenated alkanes) is 6. The number of nitrogens with zero attached hydrogens (tertiary/aromatic N) is 1. The summed E-state index contributed by atoms with van der Waals surface area (Å²) >= 11 is 0. The van der Waals surface area contributed by atoms with Crippen LogP contribution in [0.2, 0.25) is 0 Å². The first-order valence-corrected chi connectivity index (χ1v) is 11.9. The smallest absolute Gasteiger partial charge is 0.0404 e. The quantitative estimate of drug-likeness (QED) is 0.278. The Hall–Kier alpha value is -2.41. The molecule has 0 bridgehead atoms. The van der Waals surface area contributed by atoms with E-state index < -0.39 is 0 Å². The lowest BCUT2D eigenvalue weighted by atomic mass is 9.99. The van der Waals surface area contributed by atoms with Crippen LogP contribution in [-0.4, -0.2) is 4.98 Å². The van der Waals surface area contributed by atoms with Crippen molar-refractivity contribution in [2.45, 2.75) is 78.1 Å². The minimum absolute atomic E-state index is 1.09. The fourth-order valence-electron chi connectivity index (χ4n) is 3.95. The number of aromatic nitrogens is 1. The van der Waals surface area contributed by atoms with Crippen molar-refractivity contribution in [3.05, 3.63) is 78.1 Å². The fraction of sp³-hybridized carbons (Fsp3) is 0.414. The second kappa shape index (κ2) is 12.3. The van der Waals surface area contributed by atoms with Gasteiger partial charge in [-0.25, -0.2) is 0 Å². The maximum Gasteiger partial charge on any atom is 0.0404 e. The average Bonchev–Trinajstić information content (AvgIpc) is 2.80. The third-order valence-electron chi connectivity index (χ3n) is 5.94. The maximum atomic E-state index is 4.69. The highest BCUT2D eigenvalue weighted by atomic mass is 14.7. The number of aryl methyl sites for hydroxylation is 2. The van der Waals surface area contributed by atoms with Crippen molar-refractivity contribution in [2.75, 3.05) is 0 Å². The number of hydrogen-bond acceptors (Lipinski definition) is 1. The van der Waals surface area contributed by atoms with Crippen molar-refractivity contribution in [1.29, 1.82) is 0 Å². The van der Waals surface area contributed by atoms with Gasteiger partial charge in [-0.05, 0) is 54.0 Å². The van der Waals surface area contributed by atoms with Gasteiger partial charge in [0.25, 0.3) is 0 Å². The highest BCUT2D eigenvalue weighted by Gasteiger charge is 2.03. The summed E-state index contributed by atoms with van der Waals surface area (Å²) in [5.41, 5.74) is 7.65. The molecule has 0 saturated heterocycles. The molecule has 2 aromatic carbocycles. The second-order valence-electron chi connectivity index (χ2n) is 8.43. The molecule has 3 rings (SSSR count). The number of pyridine rings is 1. The van der Waals surface area contributed by atoms with E-state index in [1.165, 1.54) is 91.3 Å². The number of hydrogen-bond donors (Lipinski definition) is 0. The predicted molar refractivity (Wildman–Crippen MR) is 131 cm³/mol. The summed E-state index contributed by atoms with van der Waals surface area (Å²) < 4.78 is 0. The molecule has 0 saturated carbocycles. The molecule has 0 atom stereocenters. The van der Waals surface area contributed by atoms with Crippen LogP contribution in [0.1, 0.15) is 76.5 Å². The SMILES string of the molecule is CCCCCCCc1ccc(-c2ccc(-c3ccc(CCCCC)cc3)cc2)cn1. The molecule has 0 radical (unpaired) electrons. The Bertz CT molecular complexity index is 844. The largest absolute Gasteiger partial charge is 0.261 e. The van der Waals surface area contributed by atoms with E-state index in [0.717, 1.165) is 6.42 Å². The van der Waals surface area contributed by atoms with Gasteiger partial charge >= 0.3 is 0 Å². The zero-order valence-electron chi connectivity index (χ0n) is 18.9. The van der Waals surface area contributed by atoms with Gasteiger partial charge in [0.1, 0.15) is 0 Å². The molecular formula is C29H37N. The van der Waals surface area contributed by atoms with Crippen LogP contribution >= 0.6 is 0 Å². The standard InChI is InChI=1S/C29H37N/c1-3-5-7-8-10-12-29-22-21-28(23-30-29)27-19-17-26(18-20-27)25-15-13-24(14-16-25)11-9-6-4-2/h13-23H,3-12H2,1-2H3. The molecule has 0 N–H and O–H groups in total. The molecule has 30 heavy (non-hydrogen) atoms. The summed E-state index contributed by atoms with van der Waals surface area (Å²) in [6, 6.07) is 22.4. The molecule has 1 heteroatoms. The van der Waals surface area contributed by atoms with Crippen LogP contribution in [-0.2, 0) is 12.8 Å². The van der Waals surface area contributed by atoms with Crippen LogP contribution in [0.3, 0.4) is 0 Å². The van der Waals surface area contributed by atoms with E-state index in [9.17, 15) is 0 Å². The minimum atomic E-state index is 1.09. The first kappa shape index (κ1) is 22.3. The van der Waals surface area contributed by atoms with Gasteiger partial charge < -0.3 is 0 Å². The van der Waals surface area contributed by atoms with Gasteiger partial charge in [0.15, 0.2) is 0 Å². The van der Waals surface area contributed by atoms with Gasteiger partial charge in [-0.2, -0.15) is 0 Å². The Morgan fingerprint density at radius 1 is 0.500 bits per heavy atom. The molecule has 0 spiro atoms. The van der Waals surface area contributed by atoms with E-state index in [2.05, 4.69) is 74.5 Å². The zero-order chi connectivity index (χ0) is 21.0. The van der Waals surface area contributed by atoms with Gasteiger partial charge in [-0.1, -0.05) is 107 Å². The third-order valence-corrected chi connectivity index (χ3v) is 5.94. The molecular weight excluding hydrogens is 362 g/mol. The normalized spacial score (nSPS) is 11.0. The van der Waals surface area contributed by atoms with Gasteiger partial charge in [0, 0.05) is 17.5 Å². The predicted octanol–water partition coefficient (Wildman–Crippen LogP) is 8.66. The van der Waals surface area contributed by atoms with Crippen LogP contribution in [0.15, 0.2) is 66.9 Å². The van der Waals surface area contributed by atoms with E-state index >= 15 is 0 Å². The highest BCUT2D eigenvalue weighted by Crippen LogP contribution is 2.25. The van der Waals surface area contributed by atoms with Crippen molar-refractivity contribution in [3.63, 3.8) is 0 Å². The Balaban J connectivity index is 1.56. The summed E-state index contributed by atoms with van der Waals surface area (Å²) in [5, 5.41) is 0. The molecule has 0 fully saturated rings. The van der Waals surface area contributed by atoms with Crippen molar-refractivity contribution in [3.8, 4) is 22.3 Å². The number of benzene rings is 2. The maximum absolute atomic E-state index is 4.69. The van der Waals surface area contributed by atoms with Gasteiger partial charge in [0.2, 0.25) is 0 Å². The monoisotopic (exact) mass is 399 g/mol. The van der Waals surface area contributed by atoms with Crippen molar-refractivity contribution in [2.24, 2.45) is 0 Å². The Kier molecular flexibility index (Phi) is 9.15. The molecule has 0 aliphatic heterocycles. The average molecular weight is 400 g/mol. The zero-order valence-corrected chi connectivity index (χ0v) is 18.9. The molecule has 158 valence electrons. The van der Waals surface area contributed by atoms with Crippen LogP contribution < -0.4 is 0 Å². The van der Waals surface area contributed by atoms with Gasteiger partial charge in [-0.3, -0.25) is 4.98 Å². The molecule has 0 aliphatic carbocycles. The third kappa shape index (κ3) is 6.83. The van der Waals surface area contributed by atoms with Crippen molar-refractivity contribution in [1.82, 2.24) is 4.98 Å². The molecule has 1 nitrogen and oxygen atoms in total. The van der Waals surface area contributed by atoms with E-state index in [1.807, 2.05) is 6.20 Å². The summed E-state index contributed by atoms with van der Waals surface area (Å²) in [7, 11) is 0. The second-order valence-corrected chi connectivity index (χ2v) is 8.43. The topological polar surface area (TPSA) is 12.9 Å². The van der Waals surface area contributed by atoms with Crippen LogP contribution in [0.25, 0.3) is 22.3 Å². The lowest BCUT2D eigenvalue weighted by molar-refractivity contribution is 0.628. The fourth-order valence-corrected chi connectivity index (χ4v) is 3.95. The van der Waals surface area contributed by atoms with E-state index in [4.69, 9.17) is 4.98 Å². The molecule has 1 heterocycles. The van der Waals surface area contributed by atoms with E-state index in [1.54, 1.807) is 0 Å². The Labute approximate surface area is 183 Å². The Morgan fingerprint density at radius 3 is 1.60 bits per heavy atom. The first-order valence-electron chi connectivity index (χ1n) is 11.9. The van der Waals surface area contributed by atoms with Crippen molar-refractivity contribution >= 4 is 0 Å². The van der Waals surface area contributed by atoms with Gasteiger partial charge in [0.05, 0.1) is 0 Å². The summed E-state index contributed by atoms with van der Waals surface area (Å²) in [6.45, 7) is 4.52. The Morgan fingerprint density at radius 2 is 1.00 bits per heavy atom. The summed E-state index contributed by atoms with van der Waals surface area (Å²) in [4.78, 5) is 4.69. The molecule has 1 aromatic heterocycles. The molecule has 0 unspecified atom stereocenters. The van der Waals surface area contributed by atoms with Gasteiger partial charge in [-0.15, -0.1) is 0 Å². The molecule has 0 aliphatic rings. The molecule has 3 aromatic rings. The van der Waals surface area contributed by atoms with Crippen molar-refractivity contribution < 1.29 is 0 Å². The summed E-state index contributed by atoms with van der Waals surface area (Å²) in [5.74, 6) is 0. The first-order chi connectivity index (χ1) is 14.8. The molecule has 0 amide bonds. The highest BCUT2D eigenvalue weighted by molar-refractivity contribution is 5.70. The minimum Gasteiger partial charge on any atom is -0.261 e. The van der Waals surface area contributed by atoms with Crippen LogP contribution in [0.4, 0.5) is 0 Å².